The minimum Gasteiger partial charge on any atom is -0.296 e. The second kappa shape index (κ2) is 8.17. The third kappa shape index (κ3) is 4.18. The van der Waals surface area contributed by atoms with Gasteiger partial charge >= 0.3 is 0 Å². The number of amides is 1. The molecule has 0 saturated heterocycles. The molecule has 0 radical (unpaired) electrons. The number of benzene rings is 2. The number of nitrogens with zero attached hydrogens (tertiary/aromatic N) is 2. The van der Waals surface area contributed by atoms with Crippen molar-refractivity contribution >= 4 is 55.4 Å². The van der Waals surface area contributed by atoms with Crippen LogP contribution in [0.1, 0.15) is 26.7 Å². The van der Waals surface area contributed by atoms with Crippen molar-refractivity contribution in [2.24, 2.45) is 0 Å². The third-order valence-corrected chi connectivity index (χ3v) is 6.70. The molecule has 7 heteroatoms. The minimum absolute atomic E-state index is 0.242. The second-order valence-electron chi connectivity index (χ2n) is 6.04. The van der Waals surface area contributed by atoms with E-state index in [9.17, 15) is 4.79 Å². The number of fused-ring (bicyclic) bond motifs is 1. The van der Waals surface area contributed by atoms with Gasteiger partial charge in [0.05, 0.1) is 5.02 Å². The van der Waals surface area contributed by atoms with E-state index in [1.165, 1.54) is 28.2 Å². The number of rotatable bonds is 6. The van der Waals surface area contributed by atoms with E-state index in [1.54, 1.807) is 0 Å². The predicted molar refractivity (Wildman–Crippen MR) is 113 cm³/mol. The Morgan fingerprint density at radius 1 is 0.963 bits per heavy atom. The molecule has 0 unspecified atom stereocenters. The highest BCUT2D eigenvalue weighted by atomic mass is 35.5. The van der Waals surface area contributed by atoms with Crippen molar-refractivity contribution in [3.8, 4) is 0 Å². The molecule has 1 N–H and O–H groups in total. The molecule has 4 rings (SSSR count). The lowest BCUT2D eigenvalue weighted by molar-refractivity contribution is 0.103. The maximum atomic E-state index is 12.6. The van der Waals surface area contributed by atoms with E-state index in [0.29, 0.717) is 15.0 Å². The first kappa shape index (κ1) is 18.1. The molecule has 0 bridgehead atoms. The Kier molecular flexibility index (Phi) is 5.48. The Morgan fingerprint density at radius 2 is 1.74 bits per heavy atom. The van der Waals surface area contributed by atoms with Gasteiger partial charge in [-0.25, -0.2) is 0 Å². The van der Waals surface area contributed by atoms with Gasteiger partial charge in [-0.2, -0.15) is 0 Å². The smallest absolute Gasteiger partial charge is 0.269 e. The molecule has 0 aliphatic heterocycles. The van der Waals surface area contributed by atoms with E-state index in [2.05, 4.69) is 27.6 Å². The van der Waals surface area contributed by atoms with Gasteiger partial charge in [-0.15, -0.1) is 21.5 Å². The Balaban J connectivity index is 1.38. The quantitative estimate of drug-likeness (QED) is 0.432. The van der Waals surface area contributed by atoms with Gasteiger partial charge < -0.3 is 0 Å². The first-order valence-electron chi connectivity index (χ1n) is 8.55. The number of carbonyl (C=O) groups is 1. The molecule has 2 aromatic carbocycles. The summed E-state index contributed by atoms with van der Waals surface area (Å²) in [6, 6.07) is 18.1. The van der Waals surface area contributed by atoms with Gasteiger partial charge in [-0.05, 0) is 24.5 Å². The zero-order chi connectivity index (χ0) is 18.6. The van der Waals surface area contributed by atoms with E-state index in [0.717, 1.165) is 34.4 Å². The zero-order valence-electron chi connectivity index (χ0n) is 14.3. The molecule has 0 aliphatic rings. The first-order valence-corrected chi connectivity index (χ1v) is 10.6. The average Bonchev–Trinajstić information content (AvgIpc) is 3.27. The molecule has 0 fully saturated rings. The van der Waals surface area contributed by atoms with Crippen LogP contribution >= 0.6 is 34.3 Å². The molecule has 0 aliphatic carbocycles. The number of halogens is 1. The summed E-state index contributed by atoms with van der Waals surface area (Å²) in [4.78, 5) is 13.1. The lowest BCUT2D eigenvalue weighted by Gasteiger charge is -1.99. The van der Waals surface area contributed by atoms with Crippen molar-refractivity contribution < 1.29 is 4.79 Å². The van der Waals surface area contributed by atoms with E-state index >= 15 is 0 Å². The molecular weight excluding hydrogens is 398 g/mol. The SMILES string of the molecule is O=C(Nc1nnc(CCCc2ccccc2)s1)c1sc2ccccc2c1Cl. The number of hydrogen-bond donors (Lipinski definition) is 1. The van der Waals surface area contributed by atoms with Crippen LogP contribution in [0.2, 0.25) is 5.02 Å². The molecule has 27 heavy (non-hydrogen) atoms. The summed E-state index contributed by atoms with van der Waals surface area (Å²) in [6.45, 7) is 0. The monoisotopic (exact) mass is 413 g/mol. The average molecular weight is 414 g/mol. The lowest BCUT2D eigenvalue weighted by Crippen LogP contribution is -2.10. The van der Waals surface area contributed by atoms with Gasteiger partial charge in [0.25, 0.3) is 5.91 Å². The van der Waals surface area contributed by atoms with Gasteiger partial charge in [0.15, 0.2) is 0 Å². The summed E-state index contributed by atoms with van der Waals surface area (Å²) in [5, 5.41) is 13.9. The number of anilines is 1. The predicted octanol–water partition coefficient (Wildman–Crippen LogP) is 5.83. The van der Waals surface area contributed by atoms with Crippen LogP contribution in [-0.2, 0) is 12.8 Å². The third-order valence-electron chi connectivity index (χ3n) is 4.13. The van der Waals surface area contributed by atoms with Crippen molar-refractivity contribution in [2.45, 2.75) is 19.3 Å². The van der Waals surface area contributed by atoms with Crippen molar-refractivity contribution in [3.05, 3.63) is 75.1 Å². The van der Waals surface area contributed by atoms with Crippen molar-refractivity contribution in [1.82, 2.24) is 10.2 Å². The van der Waals surface area contributed by atoms with Gasteiger partial charge in [-0.1, -0.05) is 71.5 Å². The van der Waals surface area contributed by atoms with E-state index in [-0.39, 0.29) is 5.91 Å². The maximum Gasteiger partial charge on any atom is 0.269 e. The molecule has 136 valence electrons. The molecule has 0 spiro atoms. The molecule has 2 heterocycles. The van der Waals surface area contributed by atoms with Gasteiger partial charge in [-0.3, -0.25) is 10.1 Å². The second-order valence-corrected chi connectivity index (χ2v) is 8.53. The van der Waals surface area contributed by atoms with Crippen molar-refractivity contribution in [2.75, 3.05) is 5.32 Å². The van der Waals surface area contributed by atoms with Gasteiger partial charge in [0.2, 0.25) is 5.13 Å². The highest BCUT2D eigenvalue weighted by molar-refractivity contribution is 7.22. The Labute approximate surface area is 169 Å². The Bertz CT molecular complexity index is 1080. The molecule has 2 aromatic heterocycles. The molecule has 0 saturated carbocycles. The van der Waals surface area contributed by atoms with Crippen LogP contribution < -0.4 is 5.32 Å². The van der Waals surface area contributed by atoms with Crippen LogP contribution in [0.5, 0.6) is 0 Å². The standard InChI is InChI=1S/C20H16ClN3OS2/c21-17-14-10-4-5-11-15(14)26-18(17)19(25)22-20-24-23-16(27-20)12-6-9-13-7-2-1-3-8-13/h1-5,7-8,10-11H,6,9,12H2,(H,22,24,25). The molecule has 0 atom stereocenters. The summed E-state index contributed by atoms with van der Waals surface area (Å²) in [6.07, 6.45) is 2.83. The summed E-state index contributed by atoms with van der Waals surface area (Å²) in [5.41, 5.74) is 1.31. The number of aromatic nitrogens is 2. The maximum absolute atomic E-state index is 12.6. The number of aryl methyl sites for hydroxylation is 2. The molecule has 1 amide bonds. The molecular formula is C20H16ClN3OS2. The number of hydrogen-bond acceptors (Lipinski definition) is 5. The Hall–Kier alpha value is -2.28. The van der Waals surface area contributed by atoms with Crippen LogP contribution in [0.15, 0.2) is 54.6 Å². The fourth-order valence-electron chi connectivity index (χ4n) is 2.81. The van der Waals surface area contributed by atoms with Crippen LogP contribution in [0.25, 0.3) is 10.1 Å². The van der Waals surface area contributed by atoms with Gasteiger partial charge in [0, 0.05) is 16.5 Å². The van der Waals surface area contributed by atoms with Crippen LogP contribution in [-0.4, -0.2) is 16.1 Å². The van der Waals surface area contributed by atoms with Crippen molar-refractivity contribution in [1.29, 1.82) is 0 Å². The fourth-order valence-corrected chi connectivity index (χ4v) is 5.00. The summed E-state index contributed by atoms with van der Waals surface area (Å²) in [5.74, 6) is -0.242. The number of nitrogens with one attached hydrogen (secondary N) is 1. The largest absolute Gasteiger partial charge is 0.296 e. The minimum atomic E-state index is -0.242. The fraction of sp³-hybridized carbons (Fsp3) is 0.150. The molecule has 4 nitrogen and oxygen atoms in total. The summed E-state index contributed by atoms with van der Waals surface area (Å²) >= 11 is 9.16. The number of thiophene rings is 1. The van der Waals surface area contributed by atoms with E-state index < -0.39 is 0 Å². The van der Waals surface area contributed by atoms with E-state index in [1.807, 2.05) is 42.5 Å². The highest BCUT2D eigenvalue weighted by Crippen LogP contribution is 2.35. The lowest BCUT2D eigenvalue weighted by atomic mass is 10.1. The first-order chi connectivity index (χ1) is 13.2. The van der Waals surface area contributed by atoms with Gasteiger partial charge in [0.1, 0.15) is 9.88 Å². The van der Waals surface area contributed by atoms with Crippen molar-refractivity contribution in [3.63, 3.8) is 0 Å². The van der Waals surface area contributed by atoms with Crippen LogP contribution in [0, 0.1) is 0 Å². The van der Waals surface area contributed by atoms with E-state index in [4.69, 9.17) is 11.6 Å². The number of carbonyl (C=O) groups excluding carboxylic acids is 1. The normalized spacial score (nSPS) is 11.0. The summed E-state index contributed by atoms with van der Waals surface area (Å²) in [7, 11) is 0. The Morgan fingerprint density at radius 3 is 2.56 bits per heavy atom. The molecule has 4 aromatic rings. The zero-order valence-corrected chi connectivity index (χ0v) is 16.7. The van der Waals surface area contributed by atoms with Crippen LogP contribution in [0.4, 0.5) is 5.13 Å². The topological polar surface area (TPSA) is 54.9 Å². The summed E-state index contributed by atoms with van der Waals surface area (Å²) < 4.78 is 0.992. The highest BCUT2D eigenvalue weighted by Gasteiger charge is 2.18. The van der Waals surface area contributed by atoms with Crippen LogP contribution in [0.3, 0.4) is 0 Å².